The molecule has 1 saturated carbocycles. The van der Waals surface area contributed by atoms with Crippen LogP contribution in [0.25, 0.3) is 0 Å². The first kappa shape index (κ1) is 13.1. The summed E-state index contributed by atoms with van der Waals surface area (Å²) in [6.45, 7) is 0.871. The number of aromatic nitrogens is 1. The lowest BCUT2D eigenvalue weighted by molar-refractivity contribution is 0.101. The second kappa shape index (κ2) is 5.61. The molecular weight excluding hydrogens is 300 g/mol. The zero-order valence-corrected chi connectivity index (χ0v) is 12.6. The summed E-state index contributed by atoms with van der Waals surface area (Å²) in [5.41, 5.74) is 1.79. The fourth-order valence-electron chi connectivity index (χ4n) is 1.91. The van der Waals surface area contributed by atoms with E-state index in [1.54, 1.807) is 11.3 Å². The highest BCUT2D eigenvalue weighted by atomic mass is 35.5. The monoisotopic (exact) mass is 312 g/mol. The maximum atomic E-state index is 11.5. The van der Waals surface area contributed by atoms with Gasteiger partial charge in [0.15, 0.2) is 10.9 Å². The number of nitrogens with zero attached hydrogens (tertiary/aromatic N) is 2. The largest absolute Gasteiger partial charge is 0.341 e. The molecule has 0 aliphatic heterocycles. The Kier molecular flexibility index (Phi) is 3.86. The smallest absolute Gasteiger partial charge is 0.196 e. The van der Waals surface area contributed by atoms with Gasteiger partial charge in [0.1, 0.15) is 5.69 Å². The SMILES string of the molecule is O=C(CCl)c1csc(N(Cc2ccsc2)C2CC2)n1. The fourth-order valence-corrected chi connectivity index (χ4v) is 3.61. The summed E-state index contributed by atoms with van der Waals surface area (Å²) < 4.78 is 0. The van der Waals surface area contributed by atoms with E-state index in [1.807, 2.05) is 5.38 Å². The highest BCUT2D eigenvalue weighted by Crippen LogP contribution is 2.35. The molecule has 1 fully saturated rings. The van der Waals surface area contributed by atoms with Gasteiger partial charge in [0, 0.05) is 18.0 Å². The third-order valence-corrected chi connectivity index (χ3v) is 4.92. The standard InChI is InChI=1S/C13H13ClN2OS2/c14-5-12(17)11-8-19-13(15-11)16(10-1-2-10)6-9-3-4-18-7-9/h3-4,7-8,10H,1-2,5-6H2. The van der Waals surface area contributed by atoms with Gasteiger partial charge in [-0.15, -0.1) is 22.9 Å². The maximum absolute atomic E-state index is 11.5. The minimum Gasteiger partial charge on any atom is -0.341 e. The van der Waals surface area contributed by atoms with Gasteiger partial charge >= 0.3 is 0 Å². The first-order valence-corrected chi connectivity index (χ1v) is 8.46. The quantitative estimate of drug-likeness (QED) is 0.601. The average molecular weight is 313 g/mol. The van der Waals surface area contributed by atoms with E-state index in [4.69, 9.17) is 11.6 Å². The van der Waals surface area contributed by atoms with Crippen molar-refractivity contribution in [3.8, 4) is 0 Å². The van der Waals surface area contributed by atoms with Gasteiger partial charge in [-0.05, 0) is 35.2 Å². The number of rotatable bonds is 6. The molecule has 0 atom stereocenters. The van der Waals surface area contributed by atoms with Crippen molar-refractivity contribution in [2.24, 2.45) is 0 Å². The number of Topliss-reactive ketones (excluding diaryl/α,β-unsaturated/α-hetero) is 1. The Morgan fingerprint density at radius 2 is 2.32 bits per heavy atom. The molecule has 0 amide bonds. The number of carbonyl (C=O) groups is 1. The van der Waals surface area contributed by atoms with E-state index in [0.717, 1.165) is 11.7 Å². The molecular formula is C13H13ClN2OS2. The zero-order valence-electron chi connectivity index (χ0n) is 10.2. The minimum absolute atomic E-state index is 0.00284. The van der Waals surface area contributed by atoms with E-state index in [2.05, 4.69) is 26.7 Å². The van der Waals surface area contributed by atoms with Crippen molar-refractivity contribution in [2.45, 2.75) is 25.4 Å². The van der Waals surface area contributed by atoms with E-state index in [-0.39, 0.29) is 11.7 Å². The van der Waals surface area contributed by atoms with Gasteiger partial charge < -0.3 is 4.90 Å². The molecule has 0 aromatic carbocycles. The number of anilines is 1. The molecule has 2 aromatic rings. The third-order valence-electron chi connectivity index (χ3n) is 3.07. The van der Waals surface area contributed by atoms with E-state index in [0.29, 0.717) is 11.7 Å². The fraction of sp³-hybridized carbons (Fsp3) is 0.385. The van der Waals surface area contributed by atoms with Gasteiger partial charge in [0.25, 0.3) is 0 Å². The molecule has 3 nitrogen and oxygen atoms in total. The predicted octanol–water partition coefficient (Wildman–Crippen LogP) is 3.80. The highest BCUT2D eigenvalue weighted by molar-refractivity contribution is 7.14. The summed E-state index contributed by atoms with van der Waals surface area (Å²) in [4.78, 5) is 18.3. The molecule has 19 heavy (non-hydrogen) atoms. The molecule has 0 N–H and O–H groups in total. The van der Waals surface area contributed by atoms with Crippen LogP contribution in [0.4, 0.5) is 5.13 Å². The number of hydrogen-bond acceptors (Lipinski definition) is 5. The molecule has 0 spiro atoms. The average Bonchev–Trinajstić information content (AvgIpc) is 2.94. The number of thiazole rings is 1. The molecule has 6 heteroatoms. The van der Waals surface area contributed by atoms with Crippen LogP contribution < -0.4 is 4.90 Å². The van der Waals surface area contributed by atoms with E-state index < -0.39 is 0 Å². The van der Waals surface area contributed by atoms with Crippen LogP contribution in [0.1, 0.15) is 28.9 Å². The van der Waals surface area contributed by atoms with Gasteiger partial charge in [-0.1, -0.05) is 0 Å². The molecule has 2 heterocycles. The Labute approximate surface area is 124 Å². The first-order chi connectivity index (χ1) is 9.28. The van der Waals surface area contributed by atoms with Gasteiger partial charge in [-0.3, -0.25) is 4.79 Å². The van der Waals surface area contributed by atoms with Gasteiger partial charge in [-0.25, -0.2) is 4.98 Å². The van der Waals surface area contributed by atoms with E-state index in [1.165, 1.54) is 29.7 Å². The Morgan fingerprint density at radius 3 is 2.95 bits per heavy atom. The molecule has 100 valence electrons. The summed E-state index contributed by atoms with van der Waals surface area (Å²) in [7, 11) is 0. The molecule has 0 bridgehead atoms. The Balaban J connectivity index is 1.80. The van der Waals surface area contributed by atoms with Gasteiger partial charge in [0.2, 0.25) is 0 Å². The topological polar surface area (TPSA) is 33.2 Å². The van der Waals surface area contributed by atoms with Crippen LogP contribution in [0, 0.1) is 0 Å². The lowest BCUT2D eigenvalue weighted by Crippen LogP contribution is -2.24. The lowest BCUT2D eigenvalue weighted by Gasteiger charge is -2.20. The molecule has 2 aromatic heterocycles. The number of ketones is 1. The lowest BCUT2D eigenvalue weighted by atomic mass is 10.3. The van der Waals surface area contributed by atoms with Gasteiger partial charge in [-0.2, -0.15) is 11.3 Å². The number of alkyl halides is 1. The number of thiophene rings is 1. The van der Waals surface area contributed by atoms with E-state index in [9.17, 15) is 4.79 Å². The summed E-state index contributed by atoms with van der Waals surface area (Å²) in [5.74, 6) is -0.104. The maximum Gasteiger partial charge on any atom is 0.196 e. The molecule has 1 aliphatic rings. The minimum atomic E-state index is -0.101. The first-order valence-electron chi connectivity index (χ1n) is 6.10. The number of halogens is 1. The van der Waals surface area contributed by atoms with E-state index >= 15 is 0 Å². The number of hydrogen-bond donors (Lipinski definition) is 0. The Bertz CT molecular complexity index is 563. The summed E-state index contributed by atoms with van der Waals surface area (Å²) in [6, 6.07) is 2.71. The van der Waals surface area contributed by atoms with Gasteiger partial charge in [0.05, 0.1) is 5.88 Å². The van der Waals surface area contributed by atoms with Crippen molar-refractivity contribution in [1.82, 2.24) is 4.98 Å². The zero-order chi connectivity index (χ0) is 13.2. The second-order valence-corrected chi connectivity index (χ2v) is 6.45. The molecule has 0 radical (unpaired) electrons. The van der Waals surface area contributed by atoms with Crippen molar-refractivity contribution < 1.29 is 4.79 Å². The Morgan fingerprint density at radius 1 is 1.47 bits per heavy atom. The second-order valence-electron chi connectivity index (χ2n) is 4.56. The molecule has 3 rings (SSSR count). The Hall–Kier alpha value is -0.910. The molecule has 1 aliphatic carbocycles. The molecule has 0 unspecified atom stereocenters. The highest BCUT2D eigenvalue weighted by Gasteiger charge is 2.31. The normalized spacial score (nSPS) is 14.6. The van der Waals surface area contributed by atoms with Crippen LogP contribution in [0.15, 0.2) is 22.2 Å². The van der Waals surface area contributed by atoms with Crippen molar-refractivity contribution >= 4 is 45.2 Å². The summed E-state index contributed by atoms with van der Waals surface area (Å²) in [5, 5.41) is 6.99. The van der Waals surface area contributed by atoms with Crippen molar-refractivity contribution in [1.29, 1.82) is 0 Å². The van der Waals surface area contributed by atoms with Crippen LogP contribution in [-0.4, -0.2) is 22.7 Å². The third kappa shape index (κ3) is 2.99. The summed E-state index contributed by atoms with van der Waals surface area (Å²) in [6.07, 6.45) is 2.42. The van der Waals surface area contributed by atoms with Crippen LogP contribution in [0.3, 0.4) is 0 Å². The van der Waals surface area contributed by atoms with Crippen molar-refractivity contribution in [3.63, 3.8) is 0 Å². The van der Waals surface area contributed by atoms with Crippen LogP contribution in [0.2, 0.25) is 0 Å². The van der Waals surface area contributed by atoms with Crippen LogP contribution >= 0.6 is 34.3 Å². The molecule has 0 saturated heterocycles. The predicted molar refractivity (Wildman–Crippen MR) is 80.7 cm³/mol. The van der Waals surface area contributed by atoms with Crippen LogP contribution in [-0.2, 0) is 6.54 Å². The number of carbonyl (C=O) groups excluding carboxylic acids is 1. The van der Waals surface area contributed by atoms with Crippen molar-refractivity contribution in [3.05, 3.63) is 33.5 Å². The summed E-state index contributed by atoms with van der Waals surface area (Å²) >= 11 is 8.81. The van der Waals surface area contributed by atoms with Crippen molar-refractivity contribution in [2.75, 3.05) is 10.8 Å². The van der Waals surface area contributed by atoms with Crippen LogP contribution in [0.5, 0.6) is 0 Å².